The maximum absolute atomic E-state index is 15.6. The molecule has 7 nitrogen and oxygen atoms in total. The van der Waals surface area contributed by atoms with Crippen LogP contribution in [0.3, 0.4) is 0 Å². The number of anilines is 1. The Hall–Kier alpha value is -2.84. The van der Waals surface area contributed by atoms with Gasteiger partial charge >= 0.3 is 6.03 Å². The van der Waals surface area contributed by atoms with Crippen molar-refractivity contribution in [1.29, 1.82) is 0 Å². The van der Waals surface area contributed by atoms with Crippen molar-refractivity contribution >= 4 is 46.7 Å². The minimum atomic E-state index is -0.853. The maximum Gasteiger partial charge on any atom is 0.317 e. The van der Waals surface area contributed by atoms with Crippen LogP contribution in [0.5, 0.6) is 0 Å². The Labute approximate surface area is 258 Å². The first-order valence-corrected chi connectivity index (χ1v) is 15.4. The molecular weight excluding hydrogens is 578 g/mol. The Kier molecular flexibility index (Phi) is 10.4. The van der Waals surface area contributed by atoms with E-state index in [9.17, 15) is 14.4 Å². The van der Waals surface area contributed by atoms with Crippen LogP contribution in [-0.2, 0) is 9.59 Å². The largest absolute Gasteiger partial charge is 0.343 e. The van der Waals surface area contributed by atoms with E-state index in [1.54, 1.807) is 48.2 Å². The Bertz CT molecular complexity index is 1290. The first-order chi connectivity index (χ1) is 19.8. The number of carbonyl (C=O) groups excluding carboxylic acids is 3. The smallest absolute Gasteiger partial charge is 0.317 e. The molecule has 0 spiro atoms. The molecule has 42 heavy (non-hydrogen) atoms. The Morgan fingerprint density at radius 2 is 1.74 bits per heavy atom. The van der Waals surface area contributed by atoms with Crippen LogP contribution in [0, 0.1) is 29.0 Å². The molecule has 2 N–H and O–H groups in total. The molecule has 228 valence electrons. The predicted octanol–water partition coefficient (Wildman–Crippen LogP) is 7.15. The zero-order valence-corrected chi connectivity index (χ0v) is 26.3. The topological polar surface area (TPSA) is 81.8 Å². The fraction of sp³-hybridized carbons (Fsp3) is 0.531. The van der Waals surface area contributed by atoms with E-state index < -0.39 is 17.8 Å². The highest BCUT2D eigenvalue weighted by Crippen LogP contribution is 2.47. The average Bonchev–Trinajstić information content (AvgIpc) is 3.28. The van der Waals surface area contributed by atoms with Crippen molar-refractivity contribution in [3.8, 4) is 0 Å². The lowest BCUT2D eigenvalue weighted by atomic mass is 9.77. The molecule has 2 aliphatic rings. The lowest BCUT2D eigenvalue weighted by Crippen LogP contribution is -2.43. The third kappa shape index (κ3) is 7.95. The number of hydrogen-bond donors (Lipinski definition) is 2. The van der Waals surface area contributed by atoms with Crippen molar-refractivity contribution in [1.82, 2.24) is 15.1 Å². The van der Waals surface area contributed by atoms with E-state index in [4.69, 9.17) is 23.2 Å². The van der Waals surface area contributed by atoms with Crippen LogP contribution in [0.4, 0.5) is 14.9 Å². The summed E-state index contributed by atoms with van der Waals surface area (Å²) < 4.78 is 15.6. The quantitative estimate of drug-likeness (QED) is 0.345. The van der Waals surface area contributed by atoms with Crippen molar-refractivity contribution < 1.29 is 18.8 Å². The molecule has 2 aliphatic heterocycles. The maximum atomic E-state index is 15.6. The molecule has 0 aromatic heterocycles. The summed E-state index contributed by atoms with van der Waals surface area (Å²) in [5.41, 5.74) is 0.612. The fourth-order valence-electron chi connectivity index (χ4n) is 6.40. The van der Waals surface area contributed by atoms with Crippen molar-refractivity contribution in [2.45, 2.75) is 59.4 Å². The lowest BCUT2D eigenvalue weighted by Gasteiger charge is -2.32. The van der Waals surface area contributed by atoms with E-state index in [1.165, 1.54) is 6.07 Å². The Balaban J connectivity index is 1.58. The normalized spacial score (nSPS) is 21.4. The summed E-state index contributed by atoms with van der Waals surface area (Å²) in [5.74, 6) is -1.38. The van der Waals surface area contributed by atoms with E-state index >= 15 is 4.39 Å². The SMILES string of the molecule is CC(=O)N1CCC(CCNC(=O)N2C[C@@H](CC(C)(C)C)[C@@H](C(=O)Nc3cccc(Cl)c3)[C@H]2c2cccc(Cl)c2F)CC1. The molecule has 2 aromatic carbocycles. The minimum Gasteiger partial charge on any atom is -0.343 e. The molecule has 0 unspecified atom stereocenters. The molecule has 0 radical (unpaired) electrons. The zero-order chi connectivity index (χ0) is 30.6. The van der Waals surface area contributed by atoms with Gasteiger partial charge in [-0.25, -0.2) is 9.18 Å². The first-order valence-electron chi connectivity index (χ1n) is 14.6. The summed E-state index contributed by atoms with van der Waals surface area (Å²) in [6, 6.07) is 10.4. The second-order valence-electron chi connectivity index (χ2n) is 12.8. The van der Waals surface area contributed by atoms with E-state index in [2.05, 4.69) is 31.4 Å². The number of likely N-dealkylation sites (tertiary alicyclic amines) is 2. The second kappa shape index (κ2) is 13.6. The van der Waals surface area contributed by atoms with Gasteiger partial charge in [0.2, 0.25) is 11.8 Å². The van der Waals surface area contributed by atoms with Crippen LogP contribution in [0.25, 0.3) is 0 Å². The molecule has 0 bridgehead atoms. The van der Waals surface area contributed by atoms with Crippen LogP contribution in [0.1, 0.15) is 65.0 Å². The van der Waals surface area contributed by atoms with Gasteiger partial charge in [0.15, 0.2) is 0 Å². The van der Waals surface area contributed by atoms with Crippen molar-refractivity contribution in [3.63, 3.8) is 0 Å². The average molecular weight is 620 g/mol. The van der Waals surface area contributed by atoms with Gasteiger partial charge in [-0.2, -0.15) is 0 Å². The summed E-state index contributed by atoms with van der Waals surface area (Å²) in [6.07, 6.45) is 3.23. The zero-order valence-electron chi connectivity index (χ0n) is 24.8. The lowest BCUT2D eigenvalue weighted by molar-refractivity contribution is -0.130. The molecule has 10 heteroatoms. The van der Waals surface area contributed by atoms with Gasteiger partial charge in [0.25, 0.3) is 0 Å². The molecule has 0 saturated carbocycles. The highest BCUT2D eigenvalue weighted by Gasteiger charge is 2.50. The standard InChI is InChI=1S/C32H41Cl2FN4O3/c1-20(40)38-15-12-21(13-16-38)11-14-36-31(42)39-19-22(18-32(2,3)4)27(29(39)25-9-6-10-26(34)28(25)35)30(41)37-24-8-5-7-23(33)17-24/h5-10,17,21-22,27,29H,11-16,18-19H2,1-4H3,(H,36,42)(H,37,41)/t22-,27-,29-/m1/s1. The number of carbonyl (C=O) groups is 3. The van der Waals surface area contributed by atoms with Crippen molar-refractivity contribution in [2.75, 3.05) is 31.5 Å². The third-order valence-electron chi connectivity index (χ3n) is 8.33. The van der Waals surface area contributed by atoms with Crippen LogP contribution in [0.2, 0.25) is 10.0 Å². The molecule has 2 fully saturated rings. The van der Waals surface area contributed by atoms with Gasteiger partial charge in [-0.05, 0) is 67.2 Å². The van der Waals surface area contributed by atoms with Gasteiger partial charge in [0, 0.05) is 49.4 Å². The monoisotopic (exact) mass is 618 g/mol. The first kappa shape index (κ1) is 32.1. The number of benzene rings is 2. The Morgan fingerprint density at radius 3 is 2.38 bits per heavy atom. The molecule has 3 atom stereocenters. The summed E-state index contributed by atoms with van der Waals surface area (Å²) in [4.78, 5) is 42.8. The van der Waals surface area contributed by atoms with Gasteiger partial charge in [-0.15, -0.1) is 0 Å². The van der Waals surface area contributed by atoms with E-state index in [-0.39, 0.29) is 39.8 Å². The minimum absolute atomic E-state index is 0.0574. The number of piperidine rings is 1. The number of urea groups is 1. The number of hydrogen-bond acceptors (Lipinski definition) is 3. The third-order valence-corrected chi connectivity index (χ3v) is 8.86. The fourth-order valence-corrected chi connectivity index (χ4v) is 6.77. The Morgan fingerprint density at radius 1 is 1.05 bits per heavy atom. The van der Waals surface area contributed by atoms with E-state index in [0.29, 0.717) is 36.1 Å². The summed E-state index contributed by atoms with van der Waals surface area (Å²) in [5, 5.41) is 6.43. The van der Waals surface area contributed by atoms with Gasteiger partial charge in [-0.1, -0.05) is 62.2 Å². The number of rotatable bonds is 7. The highest BCUT2D eigenvalue weighted by molar-refractivity contribution is 6.31. The van der Waals surface area contributed by atoms with Crippen molar-refractivity contribution in [2.24, 2.45) is 23.2 Å². The molecule has 2 aromatic rings. The van der Waals surface area contributed by atoms with Gasteiger partial charge in [-0.3, -0.25) is 9.59 Å². The molecule has 4 amide bonds. The van der Waals surface area contributed by atoms with Gasteiger partial charge in [0.05, 0.1) is 17.0 Å². The van der Waals surface area contributed by atoms with Crippen molar-refractivity contribution in [3.05, 3.63) is 63.9 Å². The van der Waals surface area contributed by atoms with Crippen LogP contribution in [0.15, 0.2) is 42.5 Å². The van der Waals surface area contributed by atoms with Gasteiger partial charge < -0.3 is 20.4 Å². The van der Waals surface area contributed by atoms with Crippen LogP contribution < -0.4 is 10.6 Å². The summed E-state index contributed by atoms with van der Waals surface area (Å²) in [6.45, 7) is 10.1. The molecular formula is C32H41Cl2FN4O3. The summed E-state index contributed by atoms with van der Waals surface area (Å²) >= 11 is 12.4. The number of amides is 4. The van der Waals surface area contributed by atoms with Crippen LogP contribution >= 0.6 is 23.2 Å². The molecule has 0 aliphatic carbocycles. The number of nitrogens with zero attached hydrogens (tertiary/aromatic N) is 2. The van der Waals surface area contributed by atoms with E-state index in [0.717, 1.165) is 32.4 Å². The number of halogens is 3. The second-order valence-corrected chi connectivity index (χ2v) is 13.6. The highest BCUT2D eigenvalue weighted by atomic mass is 35.5. The summed E-state index contributed by atoms with van der Waals surface area (Å²) in [7, 11) is 0. The van der Waals surface area contributed by atoms with Gasteiger partial charge in [0.1, 0.15) is 5.82 Å². The molecule has 4 rings (SSSR count). The van der Waals surface area contributed by atoms with E-state index in [1.807, 2.05) is 4.90 Å². The van der Waals surface area contributed by atoms with Crippen LogP contribution in [-0.4, -0.2) is 53.8 Å². The predicted molar refractivity (Wildman–Crippen MR) is 165 cm³/mol. The molecule has 2 saturated heterocycles. The number of nitrogens with one attached hydrogen (secondary N) is 2. The molecule has 2 heterocycles.